The zero-order valence-corrected chi connectivity index (χ0v) is 5.48. The van der Waals surface area contributed by atoms with E-state index in [4.69, 9.17) is 10.5 Å². The van der Waals surface area contributed by atoms with Crippen molar-refractivity contribution in [1.29, 1.82) is 0 Å². The molecule has 0 fully saturated rings. The van der Waals surface area contributed by atoms with Crippen molar-refractivity contribution in [3.8, 4) is 0 Å². The lowest BCUT2D eigenvalue weighted by Gasteiger charge is -1.99. The highest BCUT2D eigenvalue weighted by Gasteiger charge is 1.81. The summed E-state index contributed by atoms with van der Waals surface area (Å²) in [6.45, 7) is 4.59. The first-order chi connectivity index (χ1) is 3.81. The molecular formula is C6H13NO. The van der Waals surface area contributed by atoms with E-state index in [0.29, 0.717) is 12.5 Å². The van der Waals surface area contributed by atoms with Crippen LogP contribution in [0.15, 0.2) is 12.0 Å². The Morgan fingerprint density at radius 3 is 2.62 bits per heavy atom. The zero-order chi connectivity index (χ0) is 6.41. The van der Waals surface area contributed by atoms with Crippen LogP contribution in [0.3, 0.4) is 0 Å². The number of allylic oxidation sites excluding steroid dienone is 1. The molecule has 0 saturated heterocycles. The van der Waals surface area contributed by atoms with E-state index in [2.05, 4.69) is 0 Å². The van der Waals surface area contributed by atoms with Crippen molar-refractivity contribution in [3.05, 3.63) is 12.0 Å². The average Bonchev–Trinajstić information content (AvgIpc) is 1.68. The molecule has 0 unspecified atom stereocenters. The Balaban J connectivity index is 3.29. The number of ether oxygens (including phenoxy) is 1. The molecule has 0 bridgehead atoms. The van der Waals surface area contributed by atoms with E-state index in [1.165, 1.54) is 0 Å². The first-order valence-electron chi connectivity index (χ1n) is 2.89. The molecule has 8 heavy (non-hydrogen) atoms. The summed E-state index contributed by atoms with van der Waals surface area (Å²) in [5, 5.41) is 0. The molecule has 0 atom stereocenters. The maximum absolute atomic E-state index is 5.33. The third-order valence-electron chi connectivity index (χ3n) is 0.716. The first kappa shape index (κ1) is 7.34. The molecule has 0 aromatic carbocycles. The van der Waals surface area contributed by atoms with Crippen LogP contribution in [0, 0.1) is 0 Å². The summed E-state index contributed by atoms with van der Waals surface area (Å²) in [5.74, 6) is 0.537. The minimum Gasteiger partial charge on any atom is -0.480 e. The SMILES string of the molecule is CC/C=C(/N)OCC. The third-order valence-corrected chi connectivity index (χ3v) is 0.716. The lowest BCUT2D eigenvalue weighted by atomic mass is 10.5. The maximum atomic E-state index is 5.33. The molecule has 0 aromatic heterocycles. The van der Waals surface area contributed by atoms with Gasteiger partial charge in [0.2, 0.25) is 0 Å². The monoisotopic (exact) mass is 115 g/mol. The molecular weight excluding hydrogens is 102 g/mol. The van der Waals surface area contributed by atoms with Crippen LogP contribution in [0.2, 0.25) is 0 Å². The molecule has 0 aliphatic heterocycles. The van der Waals surface area contributed by atoms with E-state index in [-0.39, 0.29) is 0 Å². The van der Waals surface area contributed by atoms with Gasteiger partial charge in [-0.05, 0) is 19.4 Å². The van der Waals surface area contributed by atoms with Gasteiger partial charge in [0.1, 0.15) is 0 Å². The number of rotatable bonds is 3. The average molecular weight is 115 g/mol. The quantitative estimate of drug-likeness (QED) is 0.561. The van der Waals surface area contributed by atoms with Crippen molar-refractivity contribution < 1.29 is 4.74 Å². The number of hydrogen-bond acceptors (Lipinski definition) is 2. The standard InChI is InChI=1S/C6H13NO/c1-3-5-6(7)8-4-2/h5H,3-4,7H2,1-2H3/b6-5-. The Morgan fingerprint density at radius 2 is 2.25 bits per heavy atom. The maximum Gasteiger partial charge on any atom is 0.179 e. The second-order valence-electron chi connectivity index (χ2n) is 1.45. The van der Waals surface area contributed by atoms with Gasteiger partial charge < -0.3 is 10.5 Å². The second-order valence-corrected chi connectivity index (χ2v) is 1.45. The van der Waals surface area contributed by atoms with E-state index in [1.807, 2.05) is 19.9 Å². The van der Waals surface area contributed by atoms with Gasteiger partial charge in [-0.2, -0.15) is 0 Å². The summed E-state index contributed by atoms with van der Waals surface area (Å²) in [4.78, 5) is 0. The Hall–Kier alpha value is -0.660. The van der Waals surface area contributed by atoms with Crippen molar-refractivity contribution in [2.45, 2.75) is 20.3 Å². The summed E-state index contributed by atoms with van der Waals surface area (Å²) in [6, 6.07) is 0. The van der Waals surface area contributed by atoms with E-state index < -0.39 is 0 Å². The van der Waals surface area contributed by atoms with Gasteiger partial charge >= 0.3 is 0 Å². The molecule has 0 radical (unpaired) electrons. The number of nitrogens with two attached hydrogens (primary N) is 1. The van der Waals surface area contributed by atoms with E-state index >= 15 is 0 Å². The van der Waals surface area contributed by atoms with Crippen LogP contribution >= 0.6 is 0 Å². The van der Waals surface area contributed by atoms with Crippen LogP contribution in [-0.4, -0.2) is 6.61 Å². The Labute approximate surface area is 50.3 Å². The number of hydrogen-bond donors (Lipinski definition) is 1. The summed E-state index contributed by atoms with van der Waals surface area (Å²) in [5.41, 5.74) is 5.33. The van der Waals surface area contributed by atoms with Crippen molar-refractivity contribution >= 4 is 0 Å². The molecule has 2 heteroatoms. The minimum atomic E-state index is 0.537. The van der Waals surface area contributed by atoms with Crippen LogP contribution in [0.5, 0.6) is 0 Å². The molecule has 0 spiro atoms. The van der Waals surface area contributed by atoms with Crippen molar-refractivity contribution in [1.82, 2.24) is 0 Å². The van der Waals surface area contributed by atoms with Crippen LogP contribution < -0.4 is 5.73 Å². The minimum absolute atomic E-state index is 0.537. The van der Waals surface area contributed by atoms with Gasteiger partial charge in [-0.3, -0.25) is 0 Å². The largest absolute Gasteiger partial charge is 0.480 e. The molecule has 0 rings (SSSR count). The Kier molecular flexibility index (Phi) is 4.13. The predicted octanol–water partition coefficient (Wildman–Crippen LogP) is 1.23. The molecule has 2 N–H and O–H groups in total. The van der Waals surface area contributed by atoms with Gasteiger partial charge in [0, 0.05) is 0 Å². The highest BCUT2D eigenvalue weighted by molar-refractivity contribution is 4.84. The van der Waals surface area contributed by atoms with Gasteiger partial charge in [-0.15, -0.1) is 0 Å². The Morgan fingerprint density at radius 1 is 1.62 bits per heavy atom. The summed E-state index contributed by atoms with van der Waals surface area (Å²) in [6.07, 6.45) is 2.79. The zero-order valence-electron chi connectivity index (χ0n) is 5.48. The van der Waals surface area contributed by atoms with E-state index in [1.54, 1.807) is 0 Å². The molecule has 0 aliphatic rings. The van der Waals surface area contributed by atoms with E-state index in [0.717, 1.165) is 6.42 Å². The Bertz CT molecular complexity index is 78.6. The lowest BCUT2D eigenvalue weighted by molar-refractivity contribution is 0.225. The second kappa shape index (κ2) is 4.50. The van der Waals surface area contributed by atoms with Crippen LogP contribution in [-0.2, 0) is 4.74 Å². The van der Waals surface area contributed by atoms with Gasteiger partial charge in [-0.1, -0.05) is 6.92 Å². The van der Waals surface area contributed by atoms with Crippen molar-refractivity contribution in [2.24, 2.45) is 5.73 Å². The molecule has 0 saturated carbocycles. The fourth-order valence-electron chi connectivity index (χ4n) is 0.427. The van der Waals surface area contributed by atoms with Gasteiger partial charge in [0.05, 0.1) is 6.61 Å². The molecule has 2 nitrogen and oxygen atoms in total. The fraction of sp³-hybridized carbons (Fsp3) is 0.667. The molecule has 48 valence electrons. The smallest absolute Gasteiger partial charge is 0.179 e. The summed E-state index contributed by atoms with van der Waals surface area (Å²) >= 11 is 0. The highest BCUT2D eigenvalue weighted by Crippen LogP contribution is 1.88. The highest BCUT2D eigenvalue weighted by atomic mass is 16.5. The van der Waals surface area contributed by atoms with Crippen molar-refractivity contribution in [2.75, 3.05) is 6.61 Å². The van der Waals surface area contributed by atoms with Crippen LogP contribution in [0.4, 0.5) is 0 Å². The topological polar surface area (TPSA) is 35.2 Å². The van der Waals surface area contributed by atoms with Gasteiger partial charge in [0.25, 0.3) is 0 Å². The van der Waals surface area contributed by atoms with Crippen LogP contribution in [0.1, 0.15) is 20.3 Å². The van der Waals surface area contributed by atoms with E-state index in [9.17, 15) is 0 Å². The first-order valence-corrected chi connectivity index (χ1v) is 2.89. The normalized spacial score (nSPS) is 11.5. The summed E-state index contributed by atoms with van der Waals surface area (Å²) in [7, 11) is 0. The van der Waals surface area contributed by atoms with Crippen LogP contribution in [0.25, 0.3) is 0 Å². The lowest BCUT2D eigenvalue weighted by Crippen LogP contribution is -2.01. The third kappa shape index (κ3) is 3.53. The van der Waals surface area contributed by atoms with Gasteiger partial charge in [0.15, 0.2) is 5.88 Å². The fourth-order valence-corrected chi connectivity index (χ4v) is 0.427. The predicted molar refractivity (Wildman–Crippen MR) is 34.2 cm³/mol. The molecule has 0 aliphatic carbocycles. The summed E-state index contributed by atoms with van der Waals surface area (Å²) < 4.78 is 4.92. The van der Waals surface area contributed by atoms with Gasteiger partial charge in [-0.25, -0.2) is 0 Å². The molecule has 0 amide bonds. The molecule has 0 heterocycles. The van der Waals surface area contributed by atoms with Crippen molar-refractivity contribution in [3.63, 3.8) is 0 Å². The molecule has 0 aromatic rings.